The summed E-state index contributed by atoms with van der Waals surface area (Å²) in [7, 11) is 1.64. The maximum Gasteiger partial charge on any atom is 0.186 e. The SMILES string of the molecule is CNc1nc(-c2cc(Br)c(C)s2)nc(C)c1F. The van der Waals surface area contributed by atoms with Crippen molar-refractivity contribution >= 4 is 33.1 Å². The molecule has 0 aliphatic rings. The van der Waals surface area contributed by atoms with Crippen molar-refractivity contribution in [1.82, 2.24) is 9.97 Å². The van der Waals surface area contributed by atoms with Gasteiger partial charge in [0.05, 0.1) is 10.6 Å². The van der Waals surface area contributed by atoms with Gasteiger partial charge in [0.2, 0.25) is 0 Å². The molecule has 3 nitrogen and oxygen atoms in total. The molecule has 0 fully saturated rings. The number of anilines is 1. The van der Waals surface area contributed by atoms with Gasteiger partial charge in [0.25, 0.3) is 0 Å². The number of halogens is 2. The second-order valence-corrected chi connectivity index (χ2v) is 5.67. The van der Waals surface area contributed by atoms with Gasteiger partial charge in [-0.3, -0.25) is 0 Å². The van der Waals surface area contributed by atoms with Gasteiger partial charge in [0, 0.05) is 16.4 Å². The van der Waals surface area contributed by atoms with Gasteiger partial charge in [0.1, 0.15) is 0 Å². The third-order valence-corrected chi connectivity index (χ3v) is 4.46. The van der Waals surface area contributed by atoms with Crippen molar-refractivity contribution in [2.24, 2.45) is 0 Å². The summed E-state index contributed by atoms with van der Waals surface area (Å²) in [5.41, 5.74) is 0.349. The average molecular weight is 316 g/mol. The van der Waals surface area contributed by atoms with Gasteiger partial charge in [-0.25, -0.2) is 14.4 Å². The molecular weight excluding hydrogens is 305 g/mol. The van der Waals surface area contributed by atoms with Crippen LogP contribution in [0.2, 0.25) is 0 Å². The highest BCUT2D eigenvalue weighted by molar-refractivity contribution is 9.10. The molecule has 2 aromatic rings. The zero-order valence-corrected chi connectivity index (χ0v) is 12.0. The first kappa shape index (κ1) is 12.4. The lowest BCUT2D eigenvalue weighted by atomic mass is 10.3. The van der Waals surface area contributed by atoms with E-state index in [-0.39, 0.29) is 5.82 Å². The molecule has 0 saturated heterocycles. The lowest BCUT2D eigenvalue weighted by Crippen LogP contribution is -2.02. The summed E-state index contributed by atoms with van der Waals surface area (Å²) in [6.45, 7) is 3.64. The topological polar surface area (TPSA) is 37.8 Å². The van der Waals surface area contributed by atoms with Crippen molar-refractivity contribution in [2.75, 3.05) is 12.4 Å². The van der Waals surface area contributed by atoms with Crippen LogP contribution in [-0.4, -0.2) is 17.0 Å². The van der Waals surface area contributed by atoms with Crippen LogP contribution in [0.25, 0.3) is 10.7 Å². The van der Waals surface area contributed by atoms with Gasteiger partial charge < -0.3 is 5.32 Å². The van der Waals surface area contributed by atoms with E-state index in [0.717, 1.165) is 14.2 Å². The van der Waals surface area contributed by atoms with Crippen molar-refractivity contribution in [3.05, 3.63) is 26.9 Å². The molecule has 0 saturated carbocycles. The minimum atomic E-state index is -0.399. The molecule has 2 heterocycles. The molecule has 0 spiro atoms. The molecule has 90 valence electrons. The molecule has 0 aliphatic heterocycles. The average Bonchev–Trinajstić information content (AvgIpc) is 2.63. The van der Waals surface area contributed by atoms with E-state index >= 15 is 0 Å². The van der Waals surface area contributed by atoms with Crippen LogP contribution in [0.3, 0.4) is 0 Å². The zero-order valence-electron chi connectivity index (χ0n) is 9.64. The standard InChI is InChI=1S/C11H11BrFN3S/c1-5-9(13)11(14-3)16-10(15-5)8-4-7(12)6(2)17-8/h4H,1-3H3,(H,14,15,16). The molecule has 0 unspecified atom stereocenters. The van der Waals surface area contributed by atoms with Crippen molar-refractivity contribution in [2.45, 2.75) is 13.8 Å². The third kappa shape index (κ3) is 2.32. The van der Waals surface area contributed by atoms with Crippen molar-refractivity contribution in [3.63, 3.8) is 0 Å². The summed E-state index contributed by atoms with van der Waals surface area (Å²) < 4.78 is 14.6. The van der Waals surface area contributed by atoms with E-state index in [1.165, 1.54) is 0 Å². The van der Waals surface area contributed by atoms with Gasteiger partial charge in [-0.2, -0.15) is 0 Å². The highest BCUT2D eigenvalue weighted by Gasteiger charge is 2.13. The molecule has 2 aromatic heterocycles. The van der Waals surface area contributed by atoms with Crippen LogP contribution in [0.1, 0.15) is 10.6 Å². The molecule has 0 radical (unpaired) electrons. The molecule has 1 N–H and O–H groups in total. The van der Waals surface area contributed by atoms with E-state index in [0.29, 0.717) is 11.5 Å². The number of hydrogen-bond donors (Lipinski definition) is 1. The first-order valence-corrected chi connectivity index (χ1v) is 6.62. The Balaban J connectivity index is 2.56. The Hall–Kier alpha value is -1.01. The highest BCUT2D eigenvalue weighted by Crippen LogP contribution is 2.33. The van der Waals surface area contributed by atoms with Gasteiger partial charge >= 0.3 is 0 Å². The first-order valence-electron chi connectivity index (χ1n) is 5.01. The Morgan fingerprint density at radius 2 is 2.06 bits per heavy atom. The summed E-state index contributed by atoms with van der Waals surface area (Å²) in [6, 6.07) is 1.95. The van der Waals surface area contributed by atoms with Crippen LogP contribution >= 0.6 is 27.3 Å². The monoisotopic (exact) mass is 315 g/mol. The highest BCUT2D eigenvalue weighted by atomic mass is 79.9. The number of thiophene rings is 1. The molecule has 0 amide bonds. The summed E-state index contributed by atoms with van der Waals surface area (Å²) in [4.78, 5) is 10.4. The molecular formula is C11H11BrFN3S. The van der Waals surface area contributed by atoms with Crippen LogP contribution in [0.4, 0.5) is 10.2 Å². The predicted octanol–water partition coefficient (Wildman–Crippen LogP) is 3.77. The van der Waals surface area contributed by atoms with Crippen LogP contribution < -0.4 is 5.32 Å². The summed E-state index contributed by atoms with van der Waals surface area (Å²) in [6.07, 6.45) is 0. The molecule has 2 rings (SSSR count). The zero-order chi connectivity index (χ0) is 12.6. The fourth-order valence-corrected chi connectivity index (χ4v) is 2.87. The van der Waals surface area contributed by atoms with Crippen LogP contribution in [0.5, 0.6) is 0 Å². The Labute approximate surface area is 111 Å². The summed E-state index contributed by atoms with van der Waals surface area (Å²) >= 11 is 5.03. The molecule has 0 atom stereocenters. The molecule has 0 bridgehead atoms. The minimum absolute atomic E-state index is 0.231. The smallest absolute Gasteiger partial charge is 0.186 e. The number of nitrogens with one attached hydrogen (secondary N) is 1. The Bertz CT molecular complexity index is 549. The quantitative estimate of drug-likeness (QED) is 0.916. The maximum atomic E-state index is 13.6. The fourth-order valence-electron chi connectivity index (χ4n) is 1.41. The van der Waals surface area contributed by atoms with Crippen molar-refractivity contribution in [1.29, 1.82) is 0 Å². The van der Waals surface area contributed by atoms with Gasteiger partial charge in [-0.15, -0.1) is 11.3 Å². The third-order valence-electron chi connectivity index (χ3n) is 2.33. The number of aryl methyl sites for hydroxylation is 2. The Morgan fingerprint density at radius 1 is 1.35 bits per heavy atom. The van der Waals surface area contributed by atoms with Gasteiger partial charge in [0.15, 0.2) is 17.5 Å². The lowest BCUT2D eigenvalue weighted by molar-refractivity contribution is 0.607. The van der Waals surface area contributed by atoms with Gasteiger partial charge in [-0.1, -0.05) is 0 Å². The van der Waals surface area contributed by atoms with Crippen LogP contribution in [0, 0.1) is 19.7 Å². The number of nitrogens with zero attached hydrogens (tertiary/aromatic N) is 2. The first-order chi connectivity index (χ1) is 8.02. The van der Waals surface area contributed by atoms with E-state index in [9.17, 15) is 4.39 Å². The molecule has 0 aromatic carbocycles. The largest absolute Gasteiger partial charge is 0.371 e. The fraction of sp³-hybridized carbons (Fsp3) is 0.273. The molecule has 0 aliphatic carbocycles. The predicted molar refractivity (Wildman–Crippen MR) is 72.0 cm³/mol. The van der Waals surface area contributed by atoms with Gasteiger partial charge in [-0.05, 0) is 35.8 Å². The van der Waals surface area contributed by atoms with E-state index in [1.807, 2.05) is 13.0 Å². The Kier molecular flexibility index (Phi) is 3.44. The van der Waals surface area contributed by atoms with Crippen molar-refractivity contribution in [3.8, 4) is 10.7 Å². The van der Waals surface area contributed by atoms with E-state index in [1.54, 1.807) is 25.3 Å². The maximum absolute atomic E-state index is 13.6. The Morgan fingerprint density at radius 3 is 2.59 bits per heavy atom. The second kappa shape index (κ2) is 4.70. The second-order valence-electron chi connectivity index (χ2n) is 3.56. The van der Waals surface area contributed by atoms with E-state index in [2.05, 4.69) is 31.2 Å². The normalized spacial score (nSPS) is 10.6. The number of aromatic nitrogens is 2. The molecule has 6 heteroatoms. The van der Waals surface area contributed by atoms with E-state index in [4.69, 9.17) is 0 Å². The number of rotatable bonds is 2. The summed E-state index contributed by atoms with van der Waals surface area (Å²) in [5.74, 6) is 0.380. The lowest BCUT2D eigenvalue weighted by Gasteiger charge is -2.05. The number of hydrogen-bond acceptors (Lipinski definition) is 4. The van der Waals surface area contributed by atoms with E-state index < -0.39 is 5.82 Å². The van der Waals surface area contributed by atoms with Crippen LogP contribution in [0.15, 0.2) is 10.5 Å². The van der Waals surface area contributed by atoms with Crippen molar-refractivity contribution < 1.29 is 4.39 Å². The minimum Gasteiger partial charge on any atom is -0.371 e. The van der Waals surface area contributed by atoms with Crippen LogP contribution in [-0.2, 0) is 0 Å². The summed E-state index contributed by atoms with van der Waals surface area (Å²) in [5, 5.41) is 2.73. The molecule has 17 heavy (non-hydrogen) atoms.